The second-order valence-corrected chi connectivity index (χ2v) is 7.92. The van der Waals surface area contributed by atoms with Crippen LogP contribution in [0, 0.1) is 0 Å². The predicted octanol–water partition coefficient (Wildman–Crippen LogP) is 3.22. The van der Waals surface area contributed by atoms with Crippen molar-refractivity contribution in [2.24, 2.45) is 0 Å². The third-order valence-electron chi connectivity index (χ3n) is 6.21. The number of aromatic nitrogens is 1. The number of benzene rings is 2. The lowest BCUT2D eigenvalue weighted by atomic mass is 9.90. The monoisotopic (exact) mass is 375 g/mol. The summed E-state index contributed by atoms with van der Waals surface area (Å²) < 4.78 is 7.80. The summed E-state index contributed by atoms with van der Waals surface area (Å²) in [5.74, 6) is 0.0134. The van der Waals surface area contributed by atoms with Crippen LogP contribution in [0.1, 0.15) is 23.2 Å². The number of para-hydroxylation sites is 2. The molecular formula is C23H25N3O2. The van der Waals surface area contributed by atoms with Crippen molar-refractivity contribution in [1.29, 1.82) is 0 Å². The number of nitrogens with one attached hydrogen (secondary N) is 1. The Labute approximate surface area is 164 Å². The van der Waals surface area contributed by atoms with E-state index >= 15 is 0 Å². The SMILES string of the molecule is CN1C2COCC1CC(NC(=O)c1cn(-c3ccccc3)c3ccccc13)C2. The van der Waals surface area contributed by atoms with Crippen molar-refractivity contribution in [3.63, 3.8) is 0 Å². The van der Waals surface area contributed by atoms with Crippen LogP contribution in [-0.2, 0) is 4.74 Å². The van der Waals surface area contributed by atoms with E-state index in [9.17, 15) is 4.79 Å². The molecule has 1 N–H and O–H groups in total. The maximum atomic E-state index is 13.2. The molecule has 3 aromatic rings. The van der Waals surface area contributed by atoms with Crippen LogP contribution in [0.3, 0.4) is 0 Å². The van der Waals surface area contributed by atoms with E-state index in [1.807, 2.05) is 42.6 Å². The zero-order chi connectivity index (χ0) is 19.1. The van der Waals surface area contributed by atoms with Gasteiger partial charge in [-0.05, 0) is 38.1 Å². The fourth-order valence-electron chi connectivity index (χ4n) is 4.64. The Morgan fingerprint density at radius 1 is 1.00 bits per heavy atom. The van der Waals surface area contributed by atoms with Crippen molar-refractivity contribution in [3.05, 3.63) is 66.4 Å². The van der Waals surface area contributed by atoms with Crippen molar-refractivity contribution in [2.75, 3.05) is 20.3 Å². The van der Waals surface area contributed by atoms with Gasteiger partial charge in [0.25, 0.3) is 5.91 Å². The van der Waals surface area contributed by atoms with E-state index in [0.29, 0.717) is 12.1 Å². The fourth-order valence-corrected chi connectivity index (χ4v) is 4.64. The number of fused-ring (bicyclic) bond motifs is 3. The van der Waals surface area contributed by atoms with E-state index in [-0.39, 0.29) is 11.9 Å². The van der Waals surface area contributed by atoms with E-state index in [4.69, 9.17) is 4.74 Å². The van der Waals surface area contributed by atoms with Crippen molar-refractivity contribution in [1.82, 2.24) is 14.8 Å². The van der Waals surface area contributed by atoms with Crippen LogP contribution < -0.4 is 5.32 Å². The van der Waals surface area contributed by atoms with Gasteiger partial charge in [0.05, 0.1) is 24.3 Å². The number of carbonyl (C=O) groups excluding carboxylic acids is 1. The molecule has 0 aliphatic carbocycles. The lowest BCUT2D eigenvalue weighted by Gasteiger charge is -2.46. The zero-order valence-electron chi connectivity index (χ0n) is 16.0. The van der Waals surface area contributed by atoms with Gasteiger partial charge in [-0.1, -0.05) is 36.4 Å². The highest BCUT2D eigenvalue weighted by atomic mass is 16.5. The standard InChI is InChI=1S/C23H25N3O2/c1-25-18-11-16(12-19(25)15-28-14-18)24-23(27)21-13-26(17-7-3-2-4-8-17)22-10-6-5-9-20(21)22/h2-10,13,16,18-19H,11-12,14-15H2,1H3,(H,24,27). The molecule has 0 spiro atoms. The van der Waals surface area contributed by atoms with Gasteiger partial charge in [0, 0.05) is 35.4 Å². The molecule has 3 heterocycles. The maximum absolute atomic E-state index is 13.2. The number of morpholine rings is 1. The van der Waals surface area contributed by atoms with Crippen LogP contribution in [0.4, 0.5) is 0 Å². The highest BCUT2D eigenvalue weighted by Crippen LogP contribution is 2.28. The first-order valence-corrected chi connectivity index (χ1v) is 9.97. The minimum atomic E-state index is 0.0134. The number of amides is 1. The smallest absolute Gasteiger partial charge is 0.253 e. The van der Waals surface area contributed by atoms with Crippen LogP contribution >= 0.6 is 0 Å². The van der Waals surface area contributed by atoms with Gasteiger partial charge in [-0.3, -0.25) is 9.69 Å². The predicted molar refractivity (Wildman–Crippen MR) is 110 cm³/mol. The van der Waals surface area contributed by atoms with Gasteiger partial charge >= 0.3 is 0 Å². The van der Waals surface area contributed by atoms with Crippen molar-refractivity contribution in [3.8, 4) is 5.69 Å². The Bertz CT molecular complexity index is 984. The second-order valence-electron chi connectivity index (χ2n) is 7.92. The third kappa shape index (κ3) is 3.01. The van der Waals surface area contributed by atoms with E-state index < -0.39 is 0 Å². The summed E-state index contributed by atoms with van der Waals surface area (Å²) in [5, 5.41) is 4.29. The van der Waals surface area contributed by atoms with Gasteiger partial charge in [0.15, 0.2) is 0 Å². The van der Waals surface area contributed by atoms with Crippen LogP contribution in [0.15, 0.2) is 60.8 Å². The van der Waals surface area contributed by atoms with Crippen LogP contribution in [0.25, 0.3) is 16.6 Å². The number of hydrogen-bond acceptors (Lipinski definition) is 3. The molecule has 0 saturated carbocycles. The quantitative estimate of drug-likeness (QED) is 0.765. The van der Waals surface area contributed by atoms with Crippen LogP contribution in [0.2, 0.25) is 0 Å². The highest BCUT2D eigenvalue weighted by Gasteiger charge is 2.37. The van der Waals surface area contributed by atoms with Gasteiger partial charge in [0.1, 0.15) is 0 Å². The molecule has 0 radical (unpaired) electrons. The van der Waals surface area contributed by atoms with Gasteiger partial charge in [-0.2, -0.15) is 0 Å². The molecule has 2 fully saturated rings. The Balaban J connectivity index is 1.44. The maximum Gasteiger partial charge on any atom is 0.253 e. The number of rotatable bonds is 3. The van der Waals surface area contributed by atoms with E-state index in [1.54, 1.807) is 0 Å². The average molecular weight is 375 g/mol. The molecule has 2 aromatic carbocycles. The summed E-state index contributed by atoms with van der Waals surface area (Å²) in [6.07, 6.45) is 3.85. The number of hydrogen-bond donors (Lipinski definition) is 1. The normalized spacial score (nSPS) is 25.0. The zero-order valence-corrected chi connectivity index (χ0v) is 16.0. The largest absolute Gasteiger partial charge is 0.378 e. The van der Waals surface area contributed by atoms with E-state index in [2.05, 4.69) is 40.0 Å². The van der Waals surface area contributed by atoms with E-state index in [1.165, 1.54) is 0 Å². The Morgan fingerprint density at radius 3 is 2.43 bits per heavy atom. The van der Waals surface area contributed by atoms with Crippen molar-refractivity contribution in [2.45, 2.75) is 31.0 Å². The fraction of sp³-hybridized carbons (Fsp3) is 0.348. The molecule has 1 amide bonds. The average Bonchev–Trinajstić information content (AvgIpc) is 3.09. The number of likely N-dealkylation sites (N-methyl/N-ethyl adjacent to an activating group) is 1. The lowest BCUT2D eigenvalue weighted by molar-refractivity contribution is -0.0670. The molecule has 2 saturated heterocycles. The van der Waals surface area contributed by atoms with Crippen molar-refractivity contribution < 1.29 is 9.53 Å². The summed E-state index contributed by atoms with van der Waals surface area (Å²) in [6, 6.07) is 19.2. The van der Waals surface area contributed by atoms with Crippen molar-refractivity contribution >= 4 is 16.8 Å². The highest BCUT2D eigenvalue weighted by molar-refractivity contribution is 6.07. The molecule has 2 unspecified atom stereocenters. The number of ether oxygens (including phenoxy) is 1. The molecule has 1 aromatic heterocycles. The summed E-state index contributed by atoms with van der Waals surface area (Å²) in [7, 11) is 2.17. The van der Waals surface area contributed by atoms with E-state index in [0.717, 1.165) is 48.2 Å². The Morgan fingerprint density at radius 2 is 1.68 bits per heavy atom. The van der Waals surface area contributed by atoms with Gasteiger partial charge in [-0.15, -0.1) is 0 Å². The minimum Gasteiger partial charge on any atom is -0.378 e. The number of carbonyl (C=O) groups is 1. The lowest BCUT2D eigenvalue weighted by Crippen LogP contribution is -2.59. The number of nitrogens with zero attached hydrogens (tertiary/aromatic N) is 2. The molecule has 2 bridgehead atoms. The first-order valence-electron chi connectivity index (χ1n) is 9.97. The molecule has 2 aliphatic heterocycles. The first kappa shape index (κ1) is 17.5. The molecular weight excluding hydrogens is 350 g/mol. The summed E-state index contributed by atoms with van der Waals surface area (Å²) in [6.45, 7) is 1.51. The summed E-state index contributed by atoms with van der Waals surface area (Å²) in [5.41, 5.74) is 2.84. The molecule has 5 nitrogen and oxygen atoms in total. The molecule has 2 atom stereocenters. The van der Waals surface area contributed by atoms with Crippen LogP contribution in [0.5, 0.6) is 0 Å². The summed E-state index contributed by atoms with van der Waals surface area (Å²) >= 11 is 0. The number of piperidine rings is 1. The van der Waals surface area contributed by atoms with Crippen LogP contribution in [-0.4, -0.2) is 53.8 Å². The molecule has 5 rings (SSSR count). The molecule has 2 aliphatic rings. The minimum absolute atomic E-state index is 0.0134. The second kappa shape index (κ2) is 7.08. The Hall–Kier alpha value is -2.63. The first-order chi connectivity index (χ1) is 13.7. The van der Waals surface area contributed by atoms with Gasteiger partial charge in [0.2, 0.25) is 0 Å². The van der Waals surface area contributed by atoms with Gasteiger partial charge in [-0.25, -0.2) is 0 Å². The molecule has 5 heteroatoms. The summed E-state index contributed by atoms with van der Waals surface area (Å²) in [4.78, 5) is 15.6. The van der Waals surface area contributed by atoms with Gasteiger partial charge < -0.3 is 14.6 Å². The third-order valence-corrected chi connectivity index (χ3v) is 6.21. The molecule has 144 valence electrons. The topological polar surface area (TPSA) is 46.5 Å². The molecule has 28 heavy (non-hydrogen) atoms. The Kier molecular flexibility index (Phi) is 4.41.